The standard InChI is InChI=1S/C13H22N4O3/c1-13(2,3)8-16(4)12(20)14-5-6-17-7-10(11(18)19)15-9-17/h7,9H,5-6,8H2,1-4H3,(H,14,20)(H,18,19). The fourth-order valence-electron chi connectivity index (χ4n) is 1.80. The quantitative estimate of drug-likeness (QED) is 0.851. The molecule has 112 valence electrons. The largest absolute Gasteiger partial charge is 0.476 e. The third-order valence-corrected chi connectivity index (χ3v) is 2.56. The van der Waals surface area contributed by atoms with Crippen LogP contribution in [0.1, 0.15) is 31.3 Å². The summed E-state index contributed by atoms with van der Waals surface area (Å²) in [5, 5.41) is 11.5. The van der Waals surface area contributed by atoms with Crippen molar-refractivity contribution in [1.82, 2.24) is 19.8 Å². The average molecular weight is 282 g/mol. The van der Waals surface area contributed by atoms with Gasteiger partial charge in [-0.25, -0.2) is 14.6 Å². The number of hydrogen-bond acceptors (Lipinski definition) is 3. The van der Waals surface area contributed by atoms with Crippen LogP contribution in [-0.4, -0.2) is 51.7 Å². The van der Waals surface area contributed by atoms with Gasteiger partial charge in [-0.3, -0.25) is 0 Å². The molecular weight excluding hydrogens is 260 g/mol. The molecule has 0 aromatic carbocycles. The molecule has 0 aliphatic rings. The first-order valence-corrected chi connectivity index (χ1v) is 6.43. The summed E-state index contributed by atoms with van der Waals surface area (Å²) in [6, 6.07) is -0.140. The molecule has 0 aliphatic heterocycles. The Hall–Kier alpha value is -2.05. The van der Waals surface area contributed by atoms with Crippen molar-refractivity contribution < 1.29 is 14.7 Å². The molecule has 0 saturated heterocycles. The molecule has 7 heteroatoms. The highest BCUT2D eigenvalue weighted by Gasteiger charge is 2.17. The summed E-state index contributed by atoms with van der Waals surface area (Å²) >= 11 is 0. The Kier molecular flexibility index (Phi) is 5.12. The molecule has 1 rings (SSSR count). The first-order chi connectivity index (χ1) is 9.19. The van der Waals surface area contributed by atoms with E-state index < -0.39 is 5.97 Å². The minimum Gasteiger partial charge on any atom is -0.476 e. The van der Waals surface area contributed by atoms with E-state index >= 15 is 0 Å². The van der Waals surface area contributed by atoms with E-state index in [2.05, 4.69) is 31.1 Å². The van der Waals surface area contributed by atoms with Gasteiger partial charge in [0.2, 0.25) is 0 Å². The summed E-state index contributed by atoms with van der Waals surface area (Å²) in [4.78, 5) is 27.9. The number of carbonyl (C=O) groups is 2. The van der Waals surface area contributed by atoms with Crippen LogP contribution >= 0.6 is 0 Å². The number of aromatic carboxylic acids is 1. The van der Waals surface area contributed by atoms with Crippen LogP contribution < -0.4 is 5.32 Å². The number of aromatic nitrogens is 2. The molecule has 1 aromatic heterocycles. The molecule has 2 amide bonds. The molecule has 2 N–H and O–H groups in total. The van der Waals surface area contributed by atoms with Gasteiger partial charge >= 0.3 is 12.0 Å². The normalized spacial score (nSPS) is 11.2. The van der Waals surface area contributed by atoms with Crippen molar-refractivity contribution in [2.75, 3.05) is 20.1 Å². The van der Waals surface area contributed by atoms with Crippen LogP contribution in [0.15, 0.2) is 12.5 Å². The zero-order chi connectivity index (χ0) is 15.3. The van der Waals surface area contributed by atoms with E-state index in [1.54, 1.807) is 16.5 Å². The SMILES string of the molecule is CN(CC(C)(C)C)C(=O)NCCn1cnc(C(=O)O)c1. The van der Waals surface area contributed by atoms with Crippen LogP contribution in [0.5, 0.6) is 0 Å². The number of rotatable bonds is 5. The molecule has 0 unspecified atom stereocenters. The average Bonchev–Trinajstić information content (AvgIpc) is 2.75. The molecular formula is C13H22N4O3. The van der Waals surface area contributed by atoms with Gasteiger partial charge in [0, 0.05) is 32.9 Å². The molecule has 0 spiro atoms. The second-order valence-electron chi connectivity index (χ2n) is 5.95. The zero-order valence-corrected chi connectivity index (χ0v) is 12.4. The van der Waals surface area contributed by atoms with Crippen LogP contribution in [-0.2, 0) is 6.54 Å². The Bertz CT molecular complexity index is 476. The van der Waals surface area contributed by atoms with Gasteiger partial charge in [-0.2, -0.15) is 0 Å². The van der Waals surface area contributed by atoms with Crippen molar-refractivity contribution in [3.05, 3.63) is 18.2 Å². The number of nitrogens with zero attached hydrogens (tertiary/aromatic N) is 3. The Balaban J connectivity index is 2.36. The zero-order valence-electron chi connectivity index (χ0n) is 12.4. The van der Waals surface area contributed by atoms with Crippen LogP contribution in [0.3, 0.4) is 0 Å². The highest BCUT2D eigenvalue weighted by Crippen LogP contribution is 2.13. The minimum atomic E-state index is -1.06. The van der Waals surface area contributed by atoms with Gasteiger partial charge in [0.25, 0.3) is 0 Å². The molecule has 1 heterocycles. The summed E-state index contributed by atoms with van der Waals surface area (Å²) in [5.74, 6) is -1.06. The van der Waals surface area contributed by atoms with Crippen molar-refractivity contribution in [1.29, 1.82) is 0 Å². The van der Waals surface area contributed by atoms with Crippen molar-refractivity contribution in [2.24, 2.45) is 5.41 Å². The lowest BCUT2D eigenvalue weighted by atomic mass is 9.96. The van der Waals surface area contributed by atoms with Gasteiger partial charge in [0.05, 0.1) is 6.33 Å². The molecule has 0 radical (unpaired) electrons. The summed E-state index contributed by atoms with van der Waals surface area (Å²) in [7, 11) is 1.75. The van der Waals surface area contributed by atoms with E-state index in [1.807, 2.05) is 0 Å². The molecule has 0 fully saturated rings. The van der Waals surface area contributed by atoms with E-state index in [9.17, 15) is 9.59 Å². The Morgan fingerprint density at radius 3 is 2.60 bits per heavy atom. The number of hydrogen-bond donors (Lipinski definition) is 2. The number of amides is 2. The summed E-state index contributed by atoms with van der Waals surface area (Å²) in [6.07, 6.45) is 2.88. The number of nitrogens with one attached hydrogen (secondary N) is 1. The highest BCUT2D eigenvalue weighted by molar-refractivity contribution is 5.84. The summed E-state index contributed by atoms with van der Waals surface area (Å²) in [6.45, 7) is 7.76. The maximum Gasteiger partial charge on any atom is 0.356 e. The summed E-state index contributed by atoms with van der Waals surface area (Å²) in [5.41, 5.74) is 0.0495. The lowest BCUT2D eigenvalue weighted by Crippen LogP contribution is -2.42. The minimum absolute atomic E-state index is 0.00109. The number of carboxylic acid groups (broad SMARTS) is 1. The smallest absolute Gasteiger partial charge is 0.356 e. The molecule has 0 bridgehead atoms. The van der Waals surface area contributed by atoms with Crippen LogP contribution in [0, 0.1) is 5.41 Å². The van der Waals surface area contributed by atoms with Crippen molar-refractivity contribution in [3.63, 3.8) is 0 Å². The van der Waals surface area contributed by atoms with Crippen molar-refractivity contribution >= 4 is 12.0 Å². The number of urea groups is 1. The predicted octanol–water partition coefficient (Wildman–Crippen LogP) is 1.27. The van der Waals surface area contributed by atoms with Crippen LogP contribution in [0.2, 0.25) is 0 Å². The van der Waals surface area contributed by atoms with Gasteiger partial charge in [0.1, 0.15) is 0 Å². The number of carbonyl (C=O) groups excluding carboxylic acids is 1. The van der Waals surface area contributed by atoms with E-state index in [-0.39, 0.29) is 17.1 Å². The Morgan fingerprint density at radius 1 is 1.45 bits per heavy atom. The topological polar surface area (TPSA) is 87.5 Å². The number of imidazole rings is 1. The Morgan fingerprint density at radius 2 is 2.10 bits per heavy atom. The maximum atomic E-state index is 11.8. The second kappa shape index (κ2) is 6.40. The third-order valence-electron chi connectivity index (χ3n) is 2.56. The van der Waals surface area contributed by atoms with Crippen LogP contribution in [0.25, 0.3) is 0 Å². The monoisotopic (exact) mass is 282 g/mol. The first kappa shape index (κ1) is 16.0. The fraction of sp³-hybridized carbons (Fsp3) is 0.615. The maximum absolute atomic E-state index is 11.8. The van der Waals surface area contributed by atoms with Gasteiger partial charge in [-0.05, 0) is 5.41 Å². The van der Waals surface area contributed by atoms with E-state index in [0.29, 0.717) is 19.6 Å². The highest BCUT2D eigenvalue weighted by atomic mass is 16.4. The van der Waals surface area contributed by atoms with Gasteiger partial charge in [-0.15, -0.1) is 0 Å². The Labute approximate surface area is 118 Å². The lowest BCUT2D eigenvalue weighted by Gasteiger charge is -2.26. The number of carboxylic acids is 1. The van der Waals surface area contributed by atoms with Crippen molar-refractivity contribution in [2.45, 2.75) is 27.3 Å². The fourth-order valence-corrected chi connectivity index (χ4v) is 1.80. The molecule has 0 aliphatic carbocycles. The molecule has 1 aromatic rings. The van der Waals surface area contributed by atoms with Gasteiger partial charge in [0.15, 0.2) is 5.69 Å². The van der Waals surface area contributed by atoms with Gasteiger partial charge < -0.3 is 19.9 Å². The van der Waals surface area contributed by atoms with E-state index in [1.165, 1.54) is 12.5 Å². The van der Waals surface area contributed by atoms with Crippen molar-refractivity contribution in [3.8, 4) is 0 Å². The molecule has 7 nitrogen and oxygen atoms in total. The molecule has 0 saturated carbocycles. The van der Waals surface area contributed by atoms with E-state index in [0.717, 1.165) is 0 Å². The second-order valence-corrected chi connectivity index (χ2v) is 5.95. The van der Waals surface area contributed by atoms with E-state index in [4.69, 9.17) is 5.11 Å². The predicted molar refractivity (Wildman–Crippen MR) is 74.7 cm³/mol. The van der Waals surface area contributed by atoms with Gasteiger partial charge in [-0.1, -0.05) is 20.8 Å². The third kappa shape index (κ3) is 5.29. The lowest BCUT2D eigenvalue weighted by molar-refractivity contribution is 0.0691. The molecule has 0 atom stereocenters. The first-order valence-electron chi connectivity index (χ1n) is 6.43. The van der Waals surface area contributed by atoms with Crippen LogP contribution in [0.4, 0.5) is 4.79 Å². The molecule has 20 heavy (non-hydrogen) atoms. The summed E-state index contributed by atoms with van der Waals surface area (Å²) < 4.78 is 1.63.